The van der Waals surface area contributed by atoms with Gasteiger partial charge in [-0.2, -0.15) is 5.26 Å². The third kappa shape index (κ3) is 2.56. The van der Waals surface area contributed by atoms with Crippen LogP contribution in [0.5, 0.6) is 0 Å². The van der Waals surface area contributed by atoms with E-state index in [1.807, 2.05) is 0 Å². The van der Waals surface area contributed by atoms with E-state index in [0.29, 0.717) is 0 Å². The summed E-state index contributed by atoms with van der Waals surface area (Å²) in [6.45, 7) is 0. The number of hydrogen-bond acceptors (Lipinski definition) is 6. The molecule has 0 aliphatic heterocycles. The molecule has 0 spiro atoms. The van der Waals surface area contributed by atoms with Crippen LogP contribution in [-0.2, 0) is 4.79 Å². The quantitative estimate of drug-likeness (QED) is 0.480. The largest absolute Gasteiger partial charge is 0.481 e. The molecule has 102 valence electrons. The Kier molecular flexibility index (Phi) is 3.61. The second-order valence-corrected chi connectivity index (χ2v) is 4.24. The molecule has 20 heavy (non-hydrogen) atoms. The van der Waals surface area contributed by atoms with Gasteiger partial charge in [0, 0.05) is 12.2 Å². The van der Waals surface area contributed by atoms with Crippen LogP contribution in [0.1, 0.15) is 12.0 Å². The van der Waals surface area contributed by atoms with Gasteiger partial charge in [0.25, 0.3) is 0 Å². The van der Waals surface area contributed by atoms with Crippen LogP contribution in [0.2, 0.25) is 0 Å². The second-order valence-electron chi connectivity index (χ2n) is 4.24. The lowest BCUT2D eigenvalue weighted by Gasteiger charge is -2.12. The molecule has 2 rings (SSSR count). The highest BCUT2D eigenvalue weighted by molar-refractivity contribution is 5.73. The average Bonchev–Trinajstić information content (AvgIpc) is 2.86. The minimum absolute atomic E-state index is 0.0326. The number of aliphatic carboxylic acids is 1. The second kappa shape index (κ2) is 5.36. The van der Waals surface area contributed by atoms with Crippen molar-refractivity contribution in [1.82, 2.24) is 4.98 Å². The molecule has 0 fully saturated rings. The summed E-state index contributed by atoms with van der Waals surface area (Å²) in [5.41, 5.74) is -0.494. The maximum absolute atomic E-state index is 11.0. The number of aromatic nitrogens is 1. The molecule has 0 aromatic carbocycles. The summed E-state index contributed by atoms with van der Waals surface area (Å²) >= 11 is 0. The topological polar surface area (TPSA) is 129 Å². The molecule has 1 aromatic rings. The number of pyridine rings is 1. The van der Waals surface area contributed by atoms with E-state index >= 15 is 0 Å². The first-order valence-corrected chi connectivity index (χ1v) is 5.74. The van der Waals surface area contributed by atoms with Crippen LogP contribution in [0.4, 0.5) is 11.5 Å². The van der Waals surface area contributed by atoms with Gasteiger partial charge in [-0.25, -0.2) is 4.98 Å². The smallest absolute Gasteiger partial charge is 0.328 e. The zero-order chi connectivity index (χ0) is 14.7. The zero-order valence-corrected chi connectivity index (χ0v) is 10.2. The third-order valence-electron chi connectivity index (χ3n) is 2.95. The molecule has 2 N–H and O–H groups in total. The predicted molar refractivity (Wildman–Crippen MR) is 67.9 cm³/mol. The monoisotopic (exact) mass is 274 g/mol. The van der Waals surface area contributed by atoms with E-state index in [2.05, 4.69) is 10.3 Å². The Morgan fingerprint density at radius 1 is 1.60 bits per heavy atom. The summed E-state index contributed by atoms with van der Waals surface area (Å²) in [5, 5.41) is 31.5. The number of carboxylic acid groups (broad SMARTS) is 1. The molecular weight excluding hydrogens is 264 g/mol. The van der Waals surface area contributed by atoms with Gasteiger partial charge in [0.2, 0.25) is 5.82 Å². The Hall–Kier alpha value is -2.95. The van der Waals surface area contributed by atoms with Crippen LogP contribution in [0.15, 0.2) is 24.4 Å². The number of carboxylic acids is 1. The van der Waals surface area contributed by atoms with Crippen molar-refractivity contribution in [2.75, 3.05) is 5.32 Å². The molecule has 1 aromatic heterocycles. The number of carbonyl (C=O) groups is 1. The fourth-order valence-corrected chi connectivity index (χ4v) is 2.00. The standard InChI is InChI=1S/C12H10N4O4/c13-6-8-3-4-14-11(10(8)16(19)20)15-9-2-1-7(5-9)12(17)18/h1-4,7,9H,5H2,(H,14,15)(H,17,18). The normalized spacial score (nSPS) is 20.4. The zero-order valence-electron chi connectivity index (χ0n) is 10.2. The SMILES string of the molecule is N#Cc1ccnc(NC2C=CC(C(=O)O)C2)c1[N+](=O)[O-]. The van der Waals surface area contributed by atoms with Gasteiger partial charge in [0.1, 0.15) is 11.6 Å². The van der Waals surface area contributed by atoms with Gasteiger partial charge in [0.05, 0.1) is 10.8 Å². The van der Waals surface area contributed by atoms with Gasteiger partial charge in [-0.1, -0.05) is 12.2 Å². The number of nitrogens with zero attached hydrogens (tertiary/aromatic N) is 3. The molecule has 2 unspecified atom stereocenters. The Labute approximate surface area is 113 Å². The first-order chi connectivity index (χ1) is 9.52. The maximum Gasteiger partial charge on any atom is 0.328 e. The maximum atomic E-state index is 11.0. The molecule has 1 aliphatic rings. The summed E-state index contributed by atoms with van der Waals surface area (Å²) in [4.78, 5) is 25.0. The summed E-state index contributed by atoms with van der Waals surface area (Å²) in [7, 11) is 0. The van der Waals surface area contributed by atoms with Crippen molar-refractivity contribution in [3.05, 3.63) is 40.1 Å². The molecule has 1 heterocycles. The van der Waals surface area contributed by atoms with E-state index < -0.39 is 22.5 Å². The lowest BCUT2D eigenvalue weighted by atomic mass is 10.1. The molecule has 0 amide bonds. The predicted octanol–water partition coefficient (Wildman–Crippen LogP) is 1.30. The van der Waals surface area contributed by atoms with Crippen LogP contribution < -0.4 is 5.32 Å². The summed E-state index contributed by atoms with van der Waals surface area (Å²) in [6.07, 6.45) is 4.73. The average molecular weight is 274 g/mol. The molecule has 0 bridgehead atoms. The Bertz CT molecular complexity index is 635. The summed E-state index contributed by atoms with van der Waals surface area (Å²) in [6, 6.07) is 2.63. The number of nitriles is 1. The summed E-state index contributed by atoms with van der Waals surface area (Å²) in [5.74, 6) is -1.60. The van der Waals surface area contributed by atoms with Crippen molar-refractivity contribution in [1.29, 1.82) is 5.26 Å². The number of anilines is 1. The van der Waals surface area contributed by atoms with Gasteiger partial charge < -0.3 is 10.4 Å². The van der Waals surface area contributed by atoms with Gasteiger partial charge >= 0.3 is 11.7 Å². The molecule has 8 nitrogen and oxygen atoms in total. The van der Waals surface area contributed by atoms with Crippen molar-refractivity contribution in [2.45, 2.75) is 12.5 Å². The van der Waals surface area contributed by atoms with Crippen molar-refractivity contribution in [3.63, 3.8) is 0 Å². The minimum Gasteiger partial charge on any atom is -0.481 e. The van der Waals surface area contributed by atoms with Crippen molar-refractivity contribution in [3.8, 4) is 6.07 Å². The van der Waals surface area contributed by atoms with Gasteiger partial charge in [-0.05, 0) is 12.5 Å². The Morgan fingerprint density at radius 3 is 2.90 bits per heavy atom. The molecule has 0 saturated carbocycles. The Balaban J connectivity index is 2.23. The van der Waals surface area contributed by atoms with Crippen molar-refractivity contribution in [2.24, 2.45) is 5.92 Å². The number of nitro groups is 1. The van der Waals surface area contributed by atoms with E-state index in [0.717, 1.165) is 0 Å². The van der Waals surface area contributed by atoms with Crippen LogP contribution in [0.25, 0.3) is 0 Å². The molecule has 1 aliphatic carbocycles. The summed E-state index contributed by atoms with van der Waals surface area (Å²) < 4.78 is 0. The molecular formula is C12H10N4O4. The van der Waals surface area contributed by atoms with Crippen molar-refractivity contribution >= 4 is 17.5 Å². The van der Waals surface area contributed by atoms with Crippen LogP contribution >= 0.6 is 0 Å². The fraction of sp³-hybridized carbons (Fsp3) is 0.250. The number of nitrogens with one attached hydrogen (secondary N) is 1. The molecule has 2 atom stereocenters. The van der Waals surface area contributed by atoms with E-state index in [1.54, 1.807) is 12.1 Å². The van der Waals surface area contributed by atoms with Crippen molar-refractivity contribution < 1.29 is 14.8 Å². The molecule has 0 radical (unpaired) electrons. The van der Waals surface area contributed by atoms with E-state index in [-0.39, 0.29) is 23.8 Å². The van der Waals surface area contributed by atoms with Crippen LogP contribution in [-0.4, -0.2) is 27.0 Å². The Morgan fingerprint density at radius 2 is 2.35 bits per heavy atom. The highest BCUT2D eigenvalue weighted by Crippen LogP contribution is 2.28. The lowest BCUT2D eigenvalue weighted by molar-refractivity contribution is -0.384. The molecule has 0 saturated heterocycles. The van der Waals surface area contributed by atoms with Crippen LogP contribution in [0.3, 0.4) is 0 Å². The van der Waals surface area contributed by atoms with E-state index in [1.165, 1.54) is 18.3 Å². The lowest BCUT2D eigenvalue weighted by Crippen LogP contribution is -2.20. The number of hydrogen-bond donors (Lipinski definition) is 2. The third-order valence-corrected chi connectivity index (χ3v) is 2.95. The highest BCUT2D eigenvalue weighted by atomic mass is 16.6. The fourth-order valence-electron chi connectivity index (χ4n) is 2.00. The minimum atomic E-state index is -0.946. The number of rotatable bonds is 4. The van der Waals surface area contributed by atoms with Gasteiger partial charge in [-0.15, -0.1) is 0 Å². The van der Waals surface area contributed by atoms with E-state index in [9.17, 15) is 14.9 Å². The van der Waals surface area contributed by atoms with Crippen LogP contribution in [0, 0.1) is 27.4 Å². The first-order valence-electron chi connectivity index (χ1n) is 5.74. The highest BCUT2D eigenvalue weighted by Gasteiger charge is 2.28. The molecule has 8 heteroatoms. The van der Waals surface area contributed by atoms with E-state index in [4.69, 9.17) is 10.4 Å². The van der Waals surface area contributed by atoms with Gasteiger partial charge in [-0.3, -0.25) is 14.9 Å². The first kappa shape index (κ1) is 13.5. The van der Waals surface area contributed by atoms with Gasteiger partial charge in [0.15, 0.2) is 0 Å².